The van der Waals surface area contributed by atoms with E-state index in [1.807, 2.05) is 0 Å². The van der Waals surface area contributed by atoms with Crippen LogP contribution in [0.25, 0.3) is 11.2 Å². The lowest BCUT2D eigenvalue weighted by molar-refractivity contribution is -0.249. The van der Waals surface area contributed by atoms with E-state index in [2.05, 4.69) is 30.3 Å². The van der Waals surface area contributed by atoms with Crippen LogP contribution >= 0.6 is 0 Å². The van der Waals surface area contributed by atoms with Gasteiger partial charge in [0, 0.05) is 0 Å². The van der Waals surface area contributed by atoms with Gasteiger partial charge in [-0.05, 0) is 0 Å². The highest BCUT2D eigenvalue weighted by molar-refractivity contribution is 5.70. The van der Waals surface area contributed by atoms with Gasteiger partial charge < -0.3 is 20.1 Å². The molecule has 0 aromatic carbocycles. The first-order valence-electron chi connectivity index (χ1n) is 6.61. The zero-order valence-corrected chi connectivity index (χ0v) is 11.9. The van der Waals surface area contributed by atoms with Crippen LogP contribution in [0.1, 0.15) is 6.23 Å². The van der Waals surface area contributed by atoms with Gasteiger partial charge in [-0.1, -0.05) is 0 Å². The number of H-pyrrole nitrogens is 1. The number of aromatic nitrogens is 4. The molecule has 2 aromatic heterocycles. The van der Waals surface area contributed by atoms with Crippen LogP contribution in [-0.4, -0.2) is 66.9 Å². The highest BCUT2D eigenvalue weighted by Gasteiger charge is 2.44. The van der Waals surface area contributed by atoms with Crippen LogP contribution < -0.4 is 11.0 Å². The summed E-state index contributed by atoms with van der Waals surface area (Å²) >= 11 is 0. The van der Waals surface area contributed by atoms with Gasteiger partial charge in [-0.3, -0.25) is 14.3 Å². The van der Waals surface area contributed by atoms with E-state index in [1.54, 1.807) is 0 Å². The Morgan fingerprint density at radius 2 is 2.26 bits per heavy atom. The minimum absolute atomic E-state index is 0.00528. The van der Waals surface area contributed by atoms with Crippen LogP contribution in [0.2, 0.25) is 0 Å². The van der Waals surface area contributed by atoms with Gasteiger partial charge in [0.1, 0.15) is 18.3 Å². The van der Waals surface area contributed by atoms with Crippen LogP contribution in [0.15, 0.2) is 11.1 Å². The number of nitrogens with zero attached hydrogens (tertiary/aromatic N) is 3. The number of hydrogen-bond acceptors (Lipinski definition) is 10. The summed E-state index contributed by atoms with van der Waals surface area (Å²) in [7, 11) is 1.26. The Hall–Kier alpha value is -2.09. The quantitative estimate of drug-likeness (QED) is 0.296. The molecule has 0 bridgehead atoms. The number of ether oxygens (including phenoxy) is 1. The lowest BCUT2D eigenvalue weighted by Crippen LogP contribution is -2.33. The molecule has 0 amide bonds. The topological polar surface area (TPSA) is 164 Å². The molecule has 1 fully saturated rings. The molecule has 0 saturated carbocycles. The van der Waals surface area contributed by atoms with Crippen molar-refractivity contribution in [2.75, 3.05) is 19.2 Å². The van der Waals surface area contributed by atoms with Crippen molar-refractivity contribution in [2.24, 2.45) is 0 Å². The average Bonchev–Trinajstić information content (AvgIpc) is 3.08. The smallest absolute Gasteiger partial charge is 0.280 e. The van der Waals surface area contributed by atoms with Gasteiger partial charge in [-0.15, -0.1) is 4.99 Å². The molecule has 5 N–H and O–H groups in total. The van der Waals surface area contributed by atoms with Gasteiger partial charge in [0.05, 0.1) is 20.0 Å². The molecule has 12 nitrogen and oxygen atoms in total. The first-order chi connectivity index (χ1) is 11.1. The van der Waals surface area contributed by atoms with E-state index in [1.165, 1.54) is 18.0 Å². The molecule has 1 saturated heterocycles. The second-order valence-corrected chi connectivity index (χ2v) is 4.82. The van der Waals surface area contributed by atoms with Crippen molar-refractivity contribution < 1.29 is 29.9 Å². The normalized spacial score (nSPS) is 27.7. The maximum atomic E-state index is 12.0. The van der Waals surface area contributed by atoms with Crippen LogP contribution in [-0.2, 0) is 14.6 Å². The zero-order valence-electron chi connectivity index (χ0n) is 11.9. The first kappa shape index (κ1) is 15.8. The fourth-order valence-corrected chi connectivity index (χ4v) is 2.35. The second-order valence-electron chi connectivity index (χ2n) is 4.82. The van der Waals surface area contributed by atoms with Crippen molar-refractivity contribution in [2.45, 2.75) is 24.5 Å². The minimum Gasteiger partial charge on any atom is -0.394 e. The maximum Gasteiger partial charge on any atom is 0.280 e. The summed E-state index contributed by atoms with van der Waals surface area (Å²) in [5, 5.41) is 29.0. The fourth-order valence-electron chi connectivity index (χ4n) is 2.35. The van der Waals surface area contributed by atoms with E-state index in [-0.39, 0.29) is 17.1 Å². The molecule has 0 aliphatic carbocycles. The summed E-state index contributed by atoms with van der Waals surface area (Å²) in [6.45, 7) is -0.468. The summed E-state index contributed by atoms with van der Waals surface area (Å²) in [5.74, 6) is -0.0576. The molecule has 3 rings (SSSR count). The number of aliphatic hydroxyl groups is 3. The highest BCUT2D eigenvalue weighted by atomic mass is 17.3. The van der Waals surface area contributed by atoms with E-state index < -0.39 is 36.7 Å². The van der Waals surface area contributed by atoms with E-state index in [9.17, 15) is 15.0 Å². The summed E-state index contributed by atoms with van der Waals surface area (Å²) < 4.78 is 6.68. The number of fused-ring (bicyclic) bond motifs is 1. The van der Waals surface area contributed by atoms with E-state index in [4.69, 9.17) is 9.84 Å². The van der Waals surface area contributed by atoms with Crippen molar-refractivity contribution in [1.82, 2.24) is 19.5 Å². The number of hydrogen-bond donors (Lipinski definition) is 5. The molecule has 1 aliphatic rings. The minimum atomic E-state index is -1.32. The molecule has 3 heterocycles. The van der Waals surface area contributed by atoms with Gasteiger partial charge in [0.2, 0.25) is 5.95 Å². The van der Waals surface area contributed by atoms with Crippen molar-refractivity contribution >= 4 is 17.1 Å². The van der Waals surface area contributed by atoms with E-state index in [0.29, 0.717) is 0 Å². The first-order valence-corrected chi connectivity index (χ1v) is 6.61. The van der Waals surface area contributed by atoms with Crippen molar-refractivity contribution in [3.8, 4) is 0 Å². The number of rotatable bonds is 5. The Morgan fingerprint density at radius 1 is 1.48 bits per heavy atom. The third-order valence-electron chi connectivity index (χ3n) is 3.45. The summed E-state index contributed by atoms with van der Waals surface area (Å²) in [6, 6.07) is 0. The largest absolute Gasteiger partial charge is 0.394 e. The Kier molecular flexibility index (Phi) is 4.25. The lowest BCUT2D eigenvalue weighted by atomic mass is 10.1. The predicted molar refractivity (Wildman–Crippen MR) is 72.9 cm³/mol. The standard InChI is InChI=1S/C11H15N5O7/c1-21-23-15-11-13-8-5(9(20)14-11)12-3-16(8)10-7(19)6(18)4(2-17)22-10/h3-4,6-7,10,17-19H,2H2,1H3,(H2,13,14,15,20)/t4-,6-,7-,10-/m1/s1. The van der Waals surface area contributed by atoms with Crippen molar-refractivity contribution in [3.05, 3.63) is 16.7 Å². The zero-order chi connectivity index (χ0) is 16.6. The molecule has 0 radical (unpaired) electrons. The third kappa shape index (κ3) is 2.67. The maximum absolute atomic E-state index is 12.0. The molecule has 1 aliphatic heterocycles. The Bertz CT molecular complexity index is 746. The number of anilines is 1. The van der Waals surface area contributed by atoms with Crippen LogP contribution in [0.5, 0.6) is 0 Å². The molecular formula is C11H15N5O7. The Morgan fingerprint density at radius 3 is 2.91 bits per heavy atom. The third-order valence-corrected chi connectivity index (χ3v) is 3.45. The summed E-state index contributed by atoms with van der Waals surface area (Å²) in [4.78, 5) is 31.2. The van der Waals surface area contributed by atoms with Crippen LogP contribution in [0.3, 0.4) is 0 Å². The molecule has 23 heavy (non-hydrogen) atoms. The van der Waals surface area contributed by atoms with E-state index >= 15 is 0 Å². The van der Waals surface area contributed by atoms with Crippen LogP contribution in [0, 0.1) is 0 Å². The Labute approximate surface area is 128 Å². The Balaban J connectivity index is 2.01. The van der Waals surface area contributed by atoms with Gasteiger partial charge in [-0.25, -0.2) is 15.4 Å². The fraction of sp³-hybridized carbons (Fsp3) is 0.545. The van der Waals surface area contributed by atoms with Gasteiger partial charge in [0.15, 0.2) is 17.4 Å². The number of nitrogens with one attached hydrogen (secondary N) is 2. The number of imidazole rings is 1. The predicted octanol–water partition coefficient (Wildman–Crippen LogP) is -2.36. The van der Waals surface area contributed by atoms with Crippen molar-refractivity contribution in [1.29, 1.82) is 0 Å². The highest BCUT2D eigenvalue weighted by Crippen LogP contribution is 2.30. The molecule has 2 aromatic rings. The molecule has 0 spiro atoms. The molecule has 4 atom stereocenters. The molecule has 0 unspecified atom stereocenters. The van der Waals surface area contributed by atoms with Gasteiger partial charge in [-0.2, -0.15) is 4.98 Å². The molecular weight excluding hydrogens is 314 g/mol. The SMILES string of the molecule is COONc1nc2c(ncn2[C@@H]2O[C@H](CO)[C@@H](O)[C@H]2O)c(=O)[nH]1. The van der Waals surface area contributed by atoms with E-state index in [0.717, 1.165) is 0 Å². The monoisotopic (exact) mass is 329 g/mol. The molecule has 126 valence electrons. The average molecular weight is 329 g/mol. The number of aliphatic hydroxyl groups excluding tert-OH is 3. The van der Waals surface area contributed by atoms with Crippen molar-refractivity contribution in [3.63, 3.8) is 0 Å². The van der Waals surface area contributed by atoms with Gasteiger partial charge in [0.25, 0.3) is 5.56 Å². The van der Waals surface area contributed by atoms with Gasteiger partial charge >= 0.3 is 0 Å². The summed E-state index contributed by atoms with van der Waals surface area (Å²) in [5.41, 5.74) is 1.79. The lowest BCUT2D eigenvalue weighted by Gasteiger charge is -2.16. The summed E-state index contributed by atoms with van der Waals surface area (Å²) in [6.07, 6.45) is -3.37. The molecule has 12 heteroatoms. The number of aromatic amines is 1. The van der Waals surface area contributed by atoms with Crippen LogP contribution in [0.4, 0.5) is 5.95 Å². The second kappa shape index (κ2) is 6.19.